The standard InChI is InChI=1S/C23H25FN4O3S/c1-16-22(17(2)28(26-16)20-11-9-18(24)10-12-20)23(29)25-19-7-6-8-21(15-19)32(30,31)27-13-4-3-5-14-27/h6-12,15H,3-5,13-14H2,1-2H3,(H,25,29). The number of carbonyl (C=O) groups is 1. The van der Waals surface area contributed by atoms with Crippen molar-refractivity contribution in [2.24, 2.45) is 0 Å². The van der Waals surface area contributed by atoms with E-state index < -0.39 is 10.0 Å². The number of hydrogen-bond acceptors (Lipinski definition) is 4. The second-order valence-electron chi connectivity index (χ2n) is 7.88. The molecule has 1 amide bonds. The number of piperidine rings is 1. The average Bonchev–Trinajstić information content (AvgIpc) is 3.09. The Bertz CT molecular complexity index is 1250. The van der Waals surface area contributed by atoms with Gasteiger partial charge in [-0.25, -0.2) is 17.5 Å². The molecule has 1 fully saturated rings. The Balaban J connectivity index is 1.59. The zero-order valence-corrected chi connectivity index (χ0v) is 18.8. The van der Waals surface area contributed by atoms with E-state index in [-0.39, 0.29) is 16.6 Å². The minimum atomic E-state index is -3.60. The molecule has 1 aromatic heterocycles. The van der Waals surface area contributed by atoms with Crippen molar-refractivity contribution in [2.75, 3.05) is 18.4 Å². The summed E-state index contributed by atoms with van der Waals surface area (Å²) in [6, 6.07) is 12.1. The van der Waals surface area contributed by atoms with Gasteiger partial charge in [-0.3, -0.25) is 4.79 Å². The number of carbonyl (C=O) groups excluding carboxylic acids is 1. The van der Waals surface area contributed by atoms with Gasteiger partial charge in [0.2, 0.25) is 10.0 Å². The summed E-state index contributed by atoms with van der Waals surface area (Å²) in [5, 5.41) is 7.22. The van der Waals surface area contributed by atoms with Crippen LogP contribution < -0.4 is 5.32 Å². The molecule has 4 rings (SSSR count). The molecule has 3 aromatic rings. The van der Waals surface area contributed by atoms with Crippen molar-refractivity contribution in [3.05, 3.63) is 71.3 Å². The minimum absolute atomic E-state index is 0.160. The zero-order chi connectivity index (χ0) is 22.9. The van der Waals surface area contributed by atoms with Gasteiger partial charge in [-0.15, -0.1) is 0 Å². The molecule has 0 atom stereocenters. The van der Waals surface area contributed by atoms with Gasteiger partial charge in [-0.1, -0.05) is 12.5 Å². The first-order valence-electron chi connectivity index (χ1n) is 10.5. The fourth-order valence-electron chi connectivity index (χ4n) is 3.99. The number of hydrogen-bond donors (Lipinski definition) is 1. The van der Waals surface area contributed by atoms with Gasteiger partial charge in [0, 0.05) is 18.8 Å². The smallest absolute Gasteiger partial charge is 0.259 e. The van der Waals surface area contributed by atoms with Crippen LogP contribution in [0.15, 0.2) is 53.4 Å². The molecule has 1 N–H and O–H groups in total. The third kappa shape index (κ3) is 4.31. The molecular formula is C23H25FN4O3S. The maximum atomic E-state index is 13.3. The van der Waals surface area contributed by atoms with Crippen LogP contribution in [0.5, 0.6) is 0 Å². The zero-order valence-electron chi connectivity index (χ0n) is 18.0. The lowest BCUT2D eigenvalue weighted by Gasteiger charge is -2.26. The number of sulfonamides is 1. The van der Waals surface area contributed by atoms with Gasteiger partial charge in [0.25, 0.3) is 5.91 Å². The number of rotatable bonds is 5. The molecule has 1 saturated heterocycles. The van der Waals surface area contributed by atoms with E-state index in [1.807, 2.05) is 0 Å². The number of nitrogens with one attached hydrogen (secondary N) is 1. The molecule has 0 unspecified atom stereocenters. The molecule has 0 radical (unpaired) electrons. The van der Waals surface area contributed by atoms with Gasteiger partial charge in [0.1, 0.15) is 5.82 Å². The fourth-order valence-corrected chi connectivity index (χ4v) is 5.55. The van der Waals surface area contributed by atoms with Crippen molar-refractivity contribution >= 4 is 21.6 Å². The summed E-state index contributed by atoms with van der Waals surface area (Å²) in [4.78, 5) is 13.2. The lowest BCUT2D eigenvalue weighted by molar-refractivity contribution is 0.102. The Morgan fingerprint density at radius 2 is 1.72 bits per heavy atom. The topological polar surface area (TPSA) is 84.3 Å². The van der Waals surface area contributed by atoms with E-state index in [0.717, 1.165) is 19.3 Å². The Morgan fingerprint density at radius 1 is 1.03 bits per heavy atom. The van der Waals surface area contributed by atoms with Crippen LogP contribution in [-0.2, 0) is 10.0 Å². The number of anilines is 1. The predicted molar refractivity (Wildman–Crippen MR) is 120 cm³/mol. The molecule has 9 heteroatoms. The van der Waals surface area contributed by atoms with Crippen molar-refractivity contribution in [1.29, 1.82) is 0 Å². The lowest BCUT2D eigenvalue weighted by atomic mass is 10.1. The highest BCUT2D eigenvalue weighted by molar-refractivity contribution is 7.89. The molecule has 0 spiro atoms. The Labute approximate surface area is 186 Å². The highest BCUT2D eigenvalue weighted by Gasteiger charge is 2.26. The maximum Gasteiger partial charge on any atom is 0.259 e. The molecular weight excluding hydrogens is 431 g/mol. The molecule has 2 heterocycles. The summed E-state index contributed by atoms with van der Waals surface area (Å²) in [6.07, 6.45) is 2.74. The van der Waals surface area contributed by atoms with E-state index >= 15 is 0 Å². The van der Waals surface area contributed by atoms with Crippen LogP contribution in [0.3, 0.4) is 0 Å². The third-order valence-corrected chi connectivity index (χ3v) is 7.53. The Morgan fingerprint density at radius 3 is 2.41 bits per heavy atom. The van der Waals surface area contributed by atoms with Gasteiger partial charge in [0.05, 0.1) is 27.5 Å². The first kappa shape index (κ1) is 22.2. The van der Waals surface area contributed by atoms with E-state index in [1.165, 1.54) is 22.5 Å². The van der Waals surface area contributed by atoms with Gasteiger partial charge >= 0.3 is 0 Å². The molecule has 0 bridgehead atoms. The molecule has 168 valence electrons. The van der Waals surface area contributed by atoms with Crippen molar-refractivity contribution in [1.82, 2.24) is 14.1 Å². The number of aryl methyl sites for hydroxylation is 1. The van der Waals surface area contributed by atoms with Crippen LogP contribution in [0, 0.1) is 19.7 Å². The van der Waals surface area contributed by atoms with Gasteiger partial charge < -0.3 is 5.32 Å². The largest absolute Gasteiger partial charge is 0.322 e. The van der Waals surface area contributed by atoms with E-state index in [1.54, 1.807) is 48.9 Å². The molecule has 0 aliphatic carbocycles. The summed E-state index contributed by atoms with van der Waals surface area (Å²) in [7, 11) is -3.60. The van der Waals surface area contributed by atoms with Crippen LogP contribution >= 0.6 is 0 Å². The monoisotopic (exact) mass is 456 g/mol. The van der Waals surface area contributed by atoms with Crippen LogP contribution in [0.1, 0.15) is 41.0 Å². The van der Waals surface area contributed by atoms with Gasteiger partial charge in [0.15, 0.2) is 0 Å². The minimum Gasteiger partial charge on any atom is -0.322 e. The summed E-state index contributed by atoms with van der Waals surface area (Å²) >= 11 is 0. The number of benzene rings is 2. The van der Waals surface area contributed by atoms with Crippen LogP contribution in [0.2, 0.25) is 0 Å². The summed E-state index contributed by atoms with van der Waals surface area (Å²) < 4.78 is 42.3. The number of halogens is 1. The second kappa shape index (κ2) is 8.84. The maximum absolute atomic E-state index is 13.3. The highest BCUT2D eigenvalue weighted by Crippen LogP contribution is 2.24. The molecule has 32 heavy (non-hydrogen) atoms. The molecule has 7 nitrogen and oxygen atoms in total. The Hall–Kier alpha value is -3.04. The quantitative estimate of drug-likeness (QED) is 0.628. The summed E-state index contributed by atoms with van der Waals surface area (Å²) in [6.45, 7) is 4.51. The lowest BCUT2D eigenvalue weighted by Crippen LogP contribution is -2.35. The average molecular weight is 457 g/mol. The van der Waals surface area contributed by atoms with E-state index in [0.29, 0.717) is 41.4 Å². The number of aromatic nitrogens is 2. The molecule has 0 saturated carbocycles. The third-order valence-electron chi connectivity index (χ3n) is 5.63. The van der Waals surface area contributed by atoms with Crippen molar-refractivity contribution in [3.8, 4) is 5.69 Å². The van der Waals surface area contributed by atoms with E-state index in [9.17, 15) is 17.6 Å². The second-order valence-corrected chi connectivity index (χ2v) is 9.82. The molecule has 1 aliphatic rings. The van der Waals surface area contributed by atoms with Gasteiger partial charge in [-0.05, 0) is 69.2 Å². The van der Waals surface area contributed by atoms with Crippen molar-refractivity contribution in [2.45, 2.75) is 38.0 Å². The van der Waals surface area contributed by atoms with Crippen molar-refractivity contribution < 1.29 is 17.6 Å². The SMILES string of the molecule is Cc1nn(-c2ccc(F)cc2)c(C)c1C(=O)Nc1cccc(S(=O)(=O)N2CCCCC2)c1. The Kier molecular flexibility index (Phi) is 6.12. The van der Waals surface area contributed by atoms with E-state index in [2.05, 4.69) is 10.4 Å². The fraction of sp³-hybridized carbons (Fsp3) is 0.304. The first-order chi connectivity index (χ1) is 15.3. The predicted octanol–water partition coefficient (Wildman–Crippen LogP) is 4.06. The summed E-state index contributed by atoms with van der Waals surface area (Å²) in [5.74, 6) is -0.742. The van der Waals surface area contributed by atoms with Crippen LogP contribution in [-0.4, -0.2) is 41.5 Å². The summed E-state index contributed by atoms with van der Waals surface area (Å²) in [5.41, 5.74) is 2.53. The number of amides is 1. The molecule has 1 aliphatic heterocycles. The van der Waals surface area contributed by atoms with Crippen LogP contribution in [0.4, 0.5) is 10.1 Å². The van der Waals surface area contributed by atoms with Crippen LogP contribution in [0.25, 0.3) is 5.69 Å². The molecule has 2 aromatic carbocycles. The van der Waals surface area contributed by atoms with E-state index in [4.69, 9.17) is 0 Å². The first-order valence-corrected chi connectivity index (χ1v) is 11.9. The normalized spacial score (nSPS) is 15.0. The number of nitrogens with zero attached hydrogens (tertiary/aromatic N) is 3. The van der Waals surface area contributed by atoms with Crippen molar-refractivity contribution in [3.63, 3.8) is 0 Å². The van der Waals surface area contributed by atoms with Gasteiger partial charge in [-0.2, -0.15) is 9.40 Å². The highest BCUT2D eigenvalue weighted by atomic mass is 32.2.